The Kier molecular flexibility index (Phi) is 5.89. The number of nitrogens with zero attached hydrogens (tertiary/aromatic N) is 1. The van der Waals surface area contributed by atoms with E-state index in [4.69, 9.17) is 4.74 Å². The number of carbonyl (C=O) groups is 2. The predicted octanol–water partition coefficient (Wildman–Crippen LogP) is 2.14. The first-order valence-electron chi connectivity index (χ1n) is 6.72. The number of piperidine rings is 1. The van der Waals surface area contributed by atoms with Gasteiger partial charge >= 0.3 is 5.97 Å². The van der Waals surface area contributed by atoms with Gasteiger partial charge in [0.1, 0.15) is 0 Å². The molecule has 4 nitrogen and oxygen atoms in total. The minimum atomic E-state index is -0.174. The third-order valence-corrected chi connectivity index (χ3v) is 3.18. The molecule has 1 amide bonds. The predicted molar refractivity (Wildman–Crippen MR) is 70.0 cm³/mol. The van der Waals surface area contributed by atoms with E-state index in [0.717, 1.165) is 31.4 Å². The third kappa shape index (κ3) is 3.86. The zero-order valence-corrected chi connectivity index (χ0v) is 11.6. The largest absolute Gasteiger partial charge is 0.466 e. The van der Waals surface area contributed by atoms with Crippen molar-refractivity contribution in [3.63, 3.8) is 0 Å². The van der Waals surface area contributed by atoms with Crippen molar-refractivity contribution in [2.75, 3.05) is 19.7 Å². The van der Waals surface area contributed by atoms with E-state index < -0.39 is 0 Å². The fourth-order valence-electron chi connectivity index (χ4n) is 2.26. The summed E-state index contributed by atoms with van der Waals surface area (Å²) in [6.07, 6.45) is 4.47. The fourth-order valence-corrected chi connectivity index (χ4v) is 2.26. The van der Waals surface area contributed by atoms with E-state index in [1.54, 1.807) is 11.8 Å². The molecule has 0 spiro atoms. The maximum Gasteiger partial charge on any atom is 0.310 e. The first kappa shape index (κ1) is 14.7. The highest BCUT2D eigenvalue weighted by Crippen LogP contribution is 2.19. The van der Waals surface area contributed by atoms with Crippen LogP contribution in [0.1, 0.15) is 40.0 Å². The quantitative estimate of drug-likeness (QED) is 0.569. The maximum absolute atomic E-state index is 12.1. The Hall–Kier alpha value is -1.32. The summed E-state index contributed by atoms with van der Waals surface area (Å²) in [4.78, 5) is 25.6. The van der Waals surface area contributed by atoms with Crippen molar-refractivity contribution in [3.8, 4) is 0 Å². The Bertz CT molecular complexity index is 336. The number of ether oxygens (including phenoxy) is 1. The van der Waals surface area contributed by atoms with Crippen molar-refractivity contribution in [2.24, 2.45) is 5.92 Å². The third-order valence-electron chi connectivity index (χ3n) is 3.18. The summed E-state index contributed by atoms with van der Waals surface area (Å²) in [5.74, 6) is -0.282. The summed E-state index contributed by atoms with van der Waals surface area (Å²) >= 11 is 0. The minimum absolute atomic E-state index is 0.0471. The lowest BCUT2D eigenvalue weighted by molar-refractivity contribution is -0.150. The molecule has 0 radical (unpaired) electrons. The topological polar surface area (TPSA) is 46.6 Å². The lowest BCUT2D eigenvalue weighted by Crippen LogP contribution is -2.43. The van der Waals surface area contributed by atoms with Crippen LogP contribution < -0.4 is 0 Å². The van der Waals surface area contributed by atoms with Crippen LogP contribution in [0.25, 0.3) is 0 Å². The summed E-state index contributed by atoms with van der Waals surface area (Å²) < 4.78 is 5.03. The molecule has 1 saturated heterocycles. The molecule has 102 valence electrons. The molecule has 0 aromatic rings. The summed E-state index contributed by atoms with van der Waals surface area (Å²) in [7, 11) is 0. The monoisotopic (exact) mass is 253 g/mol. The highest BCUT2D eigenvalue weighted by atomic mass is 16.5. The van der Waals surface area contributed by atoms with E-state index in [2.05, 4.69) is 0 Å². The molecule has 1 heterocycles. The average molecular weight is 253 g/mol. The summed E-state index contributed by atoms with van der Waals surface area (Å²) in [6, 6.07) is 0. The van der Waals surface area contributed by atoms with Crippen molar-refractivity contribution in [1.82, 2.24) is 4.90 Å². The summed E-state index contributed by atoms with van der Waals surface area (Å²) in [5, 5.41) is 0. The van der Waals surface area contributed by atoms with Gasteiger partial charge in [0.25, 0.3) is 0 Å². The van der Waals surface area contributed by atoms with Crippen LogP contribution in [0, 0.1) is 5.92 Å². The van der Waals surface area contributed by atoms with Crippen LogP contribution in [0.2, 0.25) is 0 Å². The van der Waals surface area contributed by atoms with E-state index >= 15 is 0 Å². The SMILES string of the molecule is CC/C=C(/C)C(=O)N1CCC[C@@H](C(=O)OCC)C1. The fraction of sp³-hybridized carbons (Fsp3) is 0.714. The first-order chi connectivity index (χ1) is 8.60. The Labute approximate surface area is 109 Å². The van der Waals surface area contributed by atoms with Crippen molar-refractivity contribution in [1.29, 1.82) is 0 Å². The minimum Gasteiger partial charge on any atom is -0.466 e. The van der Waals surface area contributed by atoms with Crippen molar-refractivity contribution < 1.29 is 14.3 Å². The van der Waals surface area contributed by atoms with E-state index in [1.165, 1.54) is 0 Å². The number of rotatable bonds is 4. The van der Waals surface area contributed by atoms with Gasteiger partial charge in [-0.1, -0.05) is 13.0 Å². The van der Waals surface area contributed by atoms with Crippen molar-refractivity contribution in [2.45, 2.75) is 40.0 Å². The van der Waals surface area contributed by atoms with Crippen LogP contribution in [-0.4, -0.2) is 36.5 Å². The zero-order chi connectivity index (χ0) is 13.5. The molecule has 0 saturated carbocycles. The average Bonchev–Trinajstić information content (AvgIpc) is 2.38. The molecule has 1 atom stereocenters. The van der Waals surface area contributed by atoms with E-state index in [1.807, 2.05) is 19.9 Å². The lowest BCUT2D eigenvalue weighted by atomic mass is 9.97. The van der Waals surface area contributed by atoms with Crippen LogP contribution in [0.4, 0.5) is 0 Å². The number of allylic oxidation sites excluding steroid dienone is 1. The number of carbonyl (C=O) groups excluding carboxylic acids is 2. The molecule has 0 aromatic carbocycles. The summed E-state index contributed by atoms with van der Waals surface area (Å²) in [6.45, 7) is 7.28. The van der Waals surface area contributed by atoms with Gasteiger partial charge in [-0.05, 0) is 33.1 Å². The Balaban J connectivity index is 2.61. The van der Waals surface area contributed by atoms with Gasteiger partial charge in [0.15, 0.2) is 0 Å². The molecule has 0 aliphatic carbocycles. The molecule has 1 rings (SSSR count). The number of amides is 1. The van der Waals surface area contributed by atoms with Gasteiger partial charge < -0.3 is 9.64 Å². The molecule has 18 heavy (non-hydrogen) atoms. The van der Waals surface area contributed by atoms with Gasteiger partial charge in [0, 0.05) is 18.7 Å². The van der Waals surface area contributed by atoms with E-state index in [9.17, 15) is 9.59 Å². The molecular weight excluding hydrogens is 230 g/mol. The molecule has 1 aliphatic rings. The van der Waals surface area contributed by atoms with Crippen LogP contribution >= 0.6 is 0 Å². The molecule has 0 bridgehead atoms. The van der Waals surface area contributed by atoms with Crippen LogP contribution in [0.15, 0.2) is 11.6 Å². The van der Waals surface area contributed by atoms with Gasteiger partial charge in [0.05, 0.1) is 12.5 Å². The van der Waals surface area contributed by atoms with Gasteiger partial charge in [-0.25, -0.2) is 0 Å². The smallest absolute Gasteiger partial charge is 0.310 e. The second-order valence-corrected chi connectivity index (χ2v) is 4.64. The second kappa shape index (κ2) is 7.19. The zero-order valence-electron chi connectivity index (χ0n) is 11.6. The second-order valence-electron chi connectivity index (χ2n) is 4.64. The number of likely N-dealkylation sites (tertiary alicyclic amines) is 1. The van der Waals surface area contributed by atoms with Crippen LogP contribution in [0.5, 0.6) is 0 Å². The normalized spacial score (nSPS) is 20.7. The van der Waals surface area contributed by atoms with Gasteiger partial charge in [-0.3, -0.25) is 9.59 Å². The molecule has 4 heteroatoms. The maximum atomic E-state index is 12.1. The summed E-state index contributed by atoms with van der Waals surface area (Å²) in [5.41, 5.74) is 0.766. The highest BCUT2D eigenvalue weighted by molar-refractivity contribution is 5.93. The Morgan fingerprint density at radius 2 is 2.11 bits per heavy atom. The van der Waals surface area contributed by atoms with Crippen LogP contribution in [-0.2, 0) is 14.3 Å². The molecule has 0 aromatic heterocycles. The van der Waals surface area contributed by atoms with Crippen molar-refractivity contribution >= 4 is 11.9 Å². The number of hydrogen-bond acceptors (Lipinski definition) is 3. The van der Waals surface area contributed by atoms with Gasteiger partial charge in [-0.15, -0.1) is 0 Å². The van der Waals surface area contributed by atoms with Crippen LogP contribution in [0.3, 0.4) is 0 Å². The lowest BCUT2D eigenvalue weighted by Gasteiger charge is -2.31. The van der Waals surface area contributed by atoms with Gasteiger partial charge in [-0.2, -0.15) is 0 Å². The van der Waals surface area contributed by atoms with E-state index in [-0.39, 0.29) is 17.8 Å². The first-order valence-corrected chi connectivity index (χ1v) is 6.72. The standard InChI is InChI=1S/C14H23NO3/c1-4-7-11(3)13(16)15-9-6-8-12(10-15)14(17)18-5-2/h7,12H,4-6,8-10H2,1-3H3/b11-7-/t12-/m1/s1. The number of hydrogen-bond donors (Lipinski definition) is 0. The molecular formula is C14H23NO3. The number of esters is 1. The molecule has 1 fully saturated rings. The highest BCUT2D eigenvalue weighted by Gasteiger charge is 2.29. The Morgan fingerprint density at radius 3 is 2.72 bits per heavy atom. The molecule has 1 aliphatic heterocycles. The van der Waals surface area contributed by atoms with Gasteiger partial charge in [0.2, 0.25) is 5.91 Å². The van der Waals surface area contributed by atoms with E-state index in [0.29, 0.717) is 13.2 Å². The molecule has 0 N–H and O–H groups in total. The van der Waals surface area contributed by atoms with Crippen molar-refractivity contribution in [3.05, 3.63) is 11.6 Å². The Morgan fingerprint density at radius 1 is 1.39 bits per heavy atom. The molecule has 0 unspecified atom stereocenters.